The summed E-state index contributed by atoms with van der Waals surface area (Å²) in [6.07, 6.45) is 5.26. The molecule has 25 heavy (non-hydrogen) atoms. The van der Waals surface area contributed by atoms with E-state index in [2.05, 4.69) is 15.6 Å². The average Bonchev–Trinajstić information content (AvgIpc) is 3.02. The minimum atomic E-state index is -0.540. The molecule has 1 heterocycles. The number of carbonyl (C=O) groups is 2. The van der Waals surface area contributed by atoms with Crippen molar-refractivity contribution in [2.75, 3.05) is 5.32 Å². The number of thiazole rings is 1. The Bertz CT molecular complexity index is 717. The number of aromatic nitrogens is 1. The molecule has 1 aliphatic carbocycles. The molecular weight excluding hydrogens is 334 g/mol. The molecule has 134 valence electrons. The monoisotopic (exact) mass is 359 g/mol. The fourth-order valence-corrected chi connectivity index (χ4v) is 4.15. The van der Waals surface area contributed by atoms with Crippen LogP contribution in [0.15, 0.2) is 24.3 Å². The number of anilines is 1. The fraction of sp³-hybridized carbons (Fsp3) is 0.526. The van der Waals surface area contributed by atoms with E-state index in [0.29, 0.717) is 5.13 Å². The largest absolute Gasteiger partial charge is 0.344 e. The maximum absolute atomic E-state index is 12.7. The Morgan fingerprint density at radius 3 is 2.56 bits per heavy atom. The summed E-state index contributed by atoms with van der Waals surface area (Å²) in [5.41, 5.74) is 0.870. The Hall–Kier alpha value is -1.95. The first-order valence-corrected chi connectivity index (χ1v) is 9.83. The first-order chi connectivity index (χ1) is 12.0. The number of hydrogen-bond donors (Lipinski definition) is 2. The Morgan fingerprint density at radius 1 is 1.16 bits per heavy atom. The third-order valence-corrected chi connectivity index (χ3v) is 5.70. The second-order valence-corrected chi connectivity index (χ2v) is 8.07. The lowest BCUT2D eigenvalue weighted by Gasteiger charge is -2.26. The summed E-state index contributed by atoms with van der Waals surface area (Å²) >= 11 is 1.45. The summed E-state index contributed by atoms with van der Waals surface area (Å²) in [6.45, 7) is 3.90. The lowest BCUT2D eigenvalue weighted by molar-refractivity contribution is -0.130. The lowest BCUT2D eigenvalue weighted by Crippen LogP contribution is -2.49. The van der Waals surface area contributed by atoms with E-state index in [9.17, 15) is 9.59 Å². The van der Waals surface area contributed by atoms with Crippen LogP contribution in [-0.4, -0.2) is 22.8 Å². The number of rotatable bonds is 5. The van der Waals surface area contributed by atoms with Gasteiger partial charge in [-0.15, -0.1) is 0 Å². The van der Waals surface area contributed by atoms with Gasteiger partial charge in [-0.3, -0.25) is 9.59 Å². The van der Waals surface area contributed by atoms with Gasteiger partial charge in [0.25, 0.3) is 0 Å². The summed E-state index contributed by atoms with van der Waals surface area (Å²) in [7, 11) is 0. The lowest BCUT2D eigenvalue weighted by atomic mass is 9.88. The zero-order chi connectivity index (χ0) is 17.8. The Morgan fingerprint density at radius 2 is 1.88 bits per heavy atom. The number of fused-ring (bicyclic) bond motifs is 1. The molecule has 5 nitrogen and oxygen atoms in total. The molecule has 0 aliphatic heterocycles. The molecule has 0 bridgehead atoms. The summed E-state index contributed by atoms with van der Waals surface area (Å²) in [4.78, 5) is 29.6. The molecule has 1 aromatic heterocycles. The molecule has 2 N–H and O–H groups in total. The quantitative estimate of drug-likeness (QED) is 0.849. The zero-order valence-corrected chi connectivity index (χ0v) is 15.6. The Balaban J connectivity index is 1.66. The van der Waals surface area contributed by atoms with Crippen molar-refractivity contribution in [3.8, 4) is 0 Å². The number of nitrogens with zero attached hydrogens (tertiary/aromatic N) is 1. The summed E-state index contributed by atoms with van der Waals surface area (Å²) in [6, 6.07) is 7.24. The van der Waals surface area contributed by atoms with Crippen LogP contribution in [0.2, 0.25) is 0 Å². The number of benzene rings is 1. The topological polar surface area (TPSA) is 71.1 Å². The molecule has 2 aromatic rings. The average molecular weight is 359 g/mol. The van der Waals surface area contributed by atoms with Crippen molar-refractivity contribution in [1.82, 2.24) is 10.3 Å². The number of hydrogen-bond acceptors (Lipinski definition) is 4. The van der Waals surface area contributed by atoms with Gasteiger partial charge in [-0.2, -0.15) is 0 Å². The van der Waals surface area contributed by atoms with Crippen molar-refractivity contribution < 1.29 is 9.59 Å². The van der Waals surface area contributed by atoms with Gasteiger partial charge in [-0.25, -0.2) is 4.98 Å². The molecule has 1 aliphatic rings. The van der Waals surface area contributed by atoms with Gasteiger partial charge >= 0.3 is 0 Å². The number of amides is 2. The summed E-state index contributed by atoms with van der Waals surface area (Å²) < 4.78 is 1.03. The summed E-state index contributed by atoms with van der Waals surface area (Å²) in [5.74, 6) is -0.122. The molecule has 0 spiro atoms. The third-order valence-electron chi connectivity index (χ3n) is 4.75. The molecule has 1 aromatic carbocycles. The van der Waals surface area contributed by atoms with Gasteiger partial charge in [0.2, 0.25) is 11.8 Å². The molecular formula is C19H25N3O2S. The maximum atomic E-state index is 12.7. The molecule has 1 atom stereocenters. The third kappa shape index (κ3) is 4.37. The smallest absolute Gasteiger partial charge is 0.248 e. The van der Waals surface area contributed by atoms with Crippen LogP contribution >= 0.6 is 11.3 Å². The van der Waals surface area contributed by atoms with E-state index in [1.165, 1.54) is 17.8 Å². The zero-order valence-electron chi connectivity index (χ0n) is 14.7. The van der Waals surface area contributed by atoms with Gasteiger partial charge in [0.1, 0.15) is 6.04 Å². The van der Waals surface area contributed by atoms with Crippen LogP contribution in [0, 0.1) is 11.8 Å². The van der Waals surface area contributed by atoms with Gasteiger partial charge in [-0.1, -0.05) is 56.6 Å². The van der Waals surface area contributed by atoms with E-state index in [0.717, 1.165) is 35.9 Å². The Labute approximate surface area is 152 Å². The van der Waals surface area contributed by atoms with E-state index in [-0.39, 0.29) is 23.7 Å². The molecule has 2 amide bonds. The maximum Gasteiger partial charge on any atom is 0.248 e. The molecule has 0 saturated heterocycles. The first-order valence-electron chi connectivity index (χ1n) is 9.01. The Kier molecular flexibility index (Phi) is 5.68. The van der Waals surface area contributed by atoms with Crippen LogP contribution in [0.25, 0.3) is 10.2 Å². The molecule has 1 fully saturated rings. The van der Waals surface area contributed by atoms with E-state index >= 15 is 0 Å². The number of carbonyl (C=O) groups excluding carboxylic acids is 2. The van der Waals surface area contributed by atoms with Crippen molar-refractivity contribution in [3.05, 3.63) is 24.3 Å². The fourth-order valence-electron chi connectivity index (χ4n) is 3.28. The highest BCUT2D eigenvalue weighted by Gasteiger charge is 2.29. The predicted molar refractivity (Wildman–Crippen MR) is 102 cm³/mol. The molecule has 0 radical (unpaired) electrons. The van der Waals surface area contributed by atoms with Crippen LogP contribution in [0.1, 0.15) is 46.0 Å². The normalized spacial score (nSPS) is 16.8. The van der Waals surface area contributed by atoms with E-state index in [4.69, 9.17) is 0 Å². The van der Waals surface area contributed by atoms with Crippen LogP contribution in [0.4, 0.5) is 5.13 Å². The molecule has 1 unspecified atom stereocenters. The highest BCUT2D eigenvalue weighted by Crippen LogP contribution is 2.26. The SMILES string of the molecule is CC(C)C(NC(=O)C1CCCCC1)C(=O)Nc1nc2ccccc2s1. The second kappa shape index (κ2) is 7.95. The highest BCUT2D eigenvalue weighted by molar-refractivity contribution is 7.22. The number of para-hydroxylation sites is 1. The predicted octanol–water partition coefficient (Wildman–Crippen LogP) is 3.96. The van der Waals surface area contributed by atoms with Crippen LogP contribution < -0.4 is 10.6 Å². The minimum absolute atomic E-state index is 0.0119. The van der Waals surface area contributed by atoms with E-state index in [1.807, 2.05) is 38.1 Å². The first kappa shape index (κ1) is 17.9. The molecule has 1 saturated carbocycles. The van der Waals surface area contributed by atoms with Gasteiger partial charge in [-0.05, 0) is 30.9 Å². The van der Waals surface area contributed by atoms with Gasteiger partial charge in [0.15, 0.2) is 5.13 Å². The standard InChI is InChI=1S/C19H25N3O2S/c1-12(2)16(21-17(23)13-8-4-3-5-9-13)18(24)22-19-20-14-10-6-7-11-15(14)25-19/h6-7,10-13,16H,3-5,8-9H2,1-2H3,(H,21,23)(H,20,22,24). The van der Waals surface area contributed by atoms with Crippen molar-refractivity contribution in [3.63, 3.8) is 0 Å². The van der Waals surface area contributed by atoms with Crippen molar-refractivity contribution in [2.45, 2.75) is 52.0 Å². The molecule has 3 rings (SSSR count). The van der Waals surface area contributed by atoms with Gasteiger partial charge in [0, 0.05) is 5.92 Å². The van der Waals surface area contributed by atoms with Crippen molar-refractivity contribution >= 4 is 38.5 Å². The number of nitrogens with one attached hydrogen (secondary N) is 2. The second-order valence-electron chi connectivity index (χ2n) is 7.04. The van der Waals surface area contributed by atoms with Crippen LogP contribution in [-0.2, 0) is 9.59 Å². The summed E-state index contributed by atoms with van der Waals surface area (Å²) in [5, 5.41) is 6.41. The minimum Gasteiger partial charge on any atom is -0.344 e. The highest BCUT2D eigenvalue weighted by atomic mass is 32.1. The van der Waals surface area contributed by atoms with Crippen LogP contribution in [0.3, 0.4) is 0 Å². The van der Waals surface area contributed by atoms with Crippen molar-refractivity contribution in [2.24, 2.45) is 11.8 Å². The van der Waals surface area contributed by atoms with E-state index < -0.39 is 6.04 Å². The molecule has 6 heteroatoms. The van der Waals surface area contributed by atoms with E-state index in [1.54, 1.807) is 0 Å². The van der Waals surface area contributed by atoms with Gasteiger partial charge in [0.05, 0.1) is 10.2 Å². The van der Waals surface area contributed by atoms with Crippen molar-refractivity contribution in [1.29, 1.82) is 0 Å². The van der Waals surface area contributed by atoms with Gasteiger partial charge < -0.3 is 10.6 Å². The van der Waals surface area contributed by atoms with Crippen LogP contribution in [0.5, 0.6) is 0 Å².